The van der Waals surface area contributed by atoms with E-state index in [4.69, 9.17) is 5.84 Å². The van der Waals surface area contributed by atoms with Gasteiger partial charge in [0.1, 0.15) is 0 Å². The molecule has 21 heavy (non-hydrogen) atoms. The molecule has 0 aliphatic carbocycles. The van der Waals surface area contributed by atoms with Gasteiger partial charge in [0.05, 0.1) is 6.26 Å². The van der Waals surface area contributed by atoms with E-state index in [9.17, 15) is 8.42 Å². The van der Waals surface area contributed by atoms with Crippen molar-refractivity contribution >= 4 is 10.0 Å². The summed E-state index contributed by atoms with van der Waals surface area (Å²) in [5.41, 5.74) is 4.98. The smallest absolute Gasteiger partial charge is 0.211 e. The molecule has 0 amide bonds. The molecule has 1 aliphatic rings. The number of aryl methyl sites for hydroxylation is 1. The van der Waals surface area contributed by atoms with Gasteiger partial charge in [0.15, 0.2) is 0 Å². The van der Waals surface area contributed by atoms with Crippen LogP contribution in [0.3, 0.4) is 0 Å². The lowest BCUT2D eigenvalue weighted by Gasteiger charge is -2.33. The standard InChI is InChI=1S/C14H24N4O2S/c1-11-6-13(9-16-8-11)14(17-15)7-12-4-3-5-18(10-12)21(2,19)20/h6,8-9,12,14,17H,3-5,7,10,15H2,1-2H3. The van der Waals surface area contributed by atoms with Crippen LogP contribution in [0.15, 0.2) is 18.5 Å². The third-order valence-electron chi connectivity index (χ3n) is 4.02. The highest BCUT2D eigenvalue weighted by molar-refractivity contribution is 7.88. The molecular formula is C14H24N4O2S. The van der Waals surface area contributed by atoms with Gasteiger partial charge >= 0.3 is 0 Å². The van der Waals surface area contributed by atoms with Crippen molar-refractivity contribution in [3.63, 3.8) is 0 Å². The second-order valence-electron chi connectivity index (χ2n) is 5.88. The first-order valence-corrected chi connectivity index (χ1v) is 9.08. The molecule has 2 unspecified atom stereocenters. The Labute approximate surface area is 126 Å². The lowest BCUT2D eigenvalue weighted by Crippen LogP contribution is -2.41. The van der Waals surface area contributed by atoms with E-state index >= 15 is 0 Å². The molecule has 1 aliphatic heterocycles. The van der Waals surface area contributed by atoms with Crippen molar-refractivity contribution in [2.75, 3.05) is 19.3 Å². The van der Waals surface area contributed by atoms with Gasteiger partial charge in [-0.2, -0.15) is 0 Å². The van der Waals surface area contributed by atoms with Crippen LogP contribution >= 0.6 is 0 Å². The van der Waals surface area contributed by atoms with E-state index in [-0.39, 0.29) is 6.04 Å². The van der Waals surface area contributed by atoms with Gasteiger partial charge in [-0.1, -0.05) is 6.07 Å². The van der Waals surface area contributed by atoms with Crippen LogP contribution in [0.1, 0.15) is 36.4 Å². The molecule has 2 rings (SSSR count). The summed E-state index contributed by atoms with van der Waals surface area (Å²) >= 11 is 0. The minimum Gasteiger partial charge on any atom is -0.271 e. The van der Waals surface area contributed by atoms with Crippen LogP contribution in [0.25, 0.3) is 0 Å². The number of nitrogens with zero attached hydrogens (tertiary/aromatic N) is 2. The molecule has 3 N–H and O–H groups in total. The summed E-state index contributed by atoms with van der Waals surface area (Å²) in [5.74, 6) is 6.00. The molecule has 1 aromatic heterocycles. The molecule has 0 bridgehead atoms. The van der Waals surface area contributed by atoms with Crippen LogP contribution in [0.5, 0.6) is 0 Å². The largest absolute Gasteiger partial charge is 0.271 e. The predicted molar refractivity (Wildman–Crippen MR) is 82.8 cm³/mol. The zero-order valence-corrected chi connectivity index (χ0v) is 13.4. The van der Waals surface area contributed by atoms with Crippen molar-refractivity contribution in [1.82, 2.24) is 14.7 Å². The number of hydrogen-bond acceptors (Lipinski definition) is 5. The highest BCUT2D eigenvalue weighted by atomic mass is 32.2. The average Bonchev–Trinajstić information content (AvgIpc) is 2.44. The number of hydrazine groups is 1. The number of piperidine rings is 1. The molecule has 0 aromatic carbocycles. The van der Waals surface area contributed by atoms with Crippen LogP contribution in [0, 0.1) is 12.8 Å². The van der Waals surface area contributed by atoms with Crippen molar-refractivity contribution in [3.8, 4) is 0 Å². The highest BCUT2D eigenvalue weighted by Gasteiger charge is 2.27. The van der Waals surface area contributed by atoms with Crippen LogP contribution < -0.4 is 11.3 Å². The van der Waals surface area contributed by atoms with Gasteiger partial charge in [0.25, 0.3) is 0 Å². The van der Waals surface area contributed by atoms with Crippen LogP contribution in [-0.4, -0.2) is 37.1 Å². The molecule has 7 heteroatoms. The van der Waals surface area contributed by atoms with Gasteiger partial charge in [-0.15, -0.1) is 0 Å². The summed E-state index contributed by atoms with van der Waals surface area (Å²) in [6.07, 6.45) is 7.65. The summed E-state index contributed by atoms with van der Waals surface area (Å²) in [5, 5.41) is 0. The summed E-state index contributed by atoms with van der Waals surface area (Å²) in [6.45, 7) is 3.20. The van der Waals surface area contributed by atoms with E-state index in [0.29, 0.717) is 19.0 Å². The van der Waals surface area contributed by atoms with E-state index < -0.39 is 10.0 Å². The number of pyridine rings is 1. The molecule has 0 spiro atoms. The Morgan fingerprint density at radius 1 is 1.52 bits per heavy atom. The highest BCUT2D eigenvalue weighted by Crippen LogP contribution is 2.28. The number of aromatic nitrogens is 1. The SMILES string of the molecule is Cc1cncc(C(CC2CCCN(S(C)(=O)=O)C2)NN)c1. The van der Waals surface area contributed by atoms with E-state index in [2.05, 4.69) is 16.5 Å². The minimum atomic E-state index is -3.10. The van der Waals surface area contributed by atoms with Gasteiger partial charge in [0.2, 0.25) is 10.0 Å². The third-order valence-corrected chi connectivity index (χ3v) is 5.29. The summed E-state index contributed by atoms with van der Waals surface area (Å²) in [7, 11) is -3.10. The fraction of sp³-hybridized carbons (Fsp3) is 0.643. The van der Waals surface area contributed by atoms with Crippen molar-refractivity contribution in [2.24, 2.45) is 11.8 Å². The Morgan fingerprint density at radius 3 is 2.90 bits per heavy atom. The van der Waals surface area contributed by atoms with Gasteiger partial charge < -0.3 is 0 Å². The van der Waals surface area contributed by atoms with E-state index in [1.807, 2.05) is 19.3 Å². The number of hydrogen-bond donors (Lipinski definition) is 2. The monoisotopic (exact) mass is 312 g/mol. The first-order chi connectivity index (χ1) is 9.90. The number of rotatable bonds is 5. The Bertz CT molecular complexity index is 576. The summed E-state index contributed by atoms with van der Waals surface area (Å²) in [6, 6.07) is 2.07. The quantitative estimate of drug-likeness (QED) is 0.624. The van der Waals surface area contributed by atoms with Crippen LogP contribution in [-0.2, 0) is 10.0 Å². The first kappa shape index (κ1) is 16.4. The molecule has 118 valence electrons. The molecule has 6 nitrogen and oxygen atoms in total. The van der Waals surface area contributed by atoms with Crippen LogP contribution in [0.2, 0.25) is 0 Å². The molecule has 1 aromatic rings. The predicted octanol–water partition coefficient (Wildman–Crippen LogP) is 0.956. The maximum atomic E-state index is 11.7. The van der Waals surface area contributed by atoms with Crippen LogP contribution in [0.4, 0.5) is 0 Å². The lowest BCUT2D eigenvalue weighted by molar-refractivity contribution is 0.238. The minimum absolute atomic E-state index is 0.00177. The maximum Gasteiger partial charge on any atom is 0.211 e. The number of nitrogens with one attached hydrogen (secondary N) is 1. The summed E-state index contributed by atoms with van der Waals surface area (Å²) in [4.78, 5) is 4.20. The first-order valence-electron chi connectivity index (χ1n) is 7.23. The fourth-order valence-electron chi connectivity index (χ4n) is 2.92. The average molecular weight is 312 g/mol. The maximum absolute atomic E-state index is 11.7. The topological polar surface area (TPSA) is 88.3 Å². The zero-order chi connectivity index (χ0) is 15.5. The number of sulfonamides is 1. The number of nitrogens with two attached hydrogens (primary N) is 1. The normalized spacial score (nSPS) is 22.1. The Balaban J connectivity index is 2.05. The van der Waals surface area contributed by atoms with Gasteiger partial charge in [-0.05, 0) is 43.2 Å². The third kappa shape index (κ3) is 4.47. The van der Waals surface area contributed by atoms with Crippen molar-refractivity contribution in [2.45, 2.75) is 32.2 Å². The van der Waals surface area contributed by atoms with Gasteiger partial charge in [-0.25, -0.2) is 12.7 Å². The zero-order valence-electron chi connectivity index (χ0n) is 12.6. The van der Waals surface area contributed by atoms with Gasteiger partial charge in [-0.3, -0.25) is 16.3 Å². The van der Waals surface area contributed by atoms with E-state index in [1.54, 1.807) is 4.31 Å². The van der Waals surface area contributed by atoms with Crippen molar-refractivity contribution in [3.05, 3.63) is 29.6 Å². The second-order valence-corrected chi connectivity index (χ2v) is 7.86. The Hall–Kier alpha value is -1.02. The Kier molecular flexibility index (Phi) is 5.32. The molecule has 2 heterocycles. The molecular weight excluding hydrogens is 288 g/mol. The van der Waals surface area contributed by atoms with Gasteiger partial charge in [0, 0.05) is 31.5 Å². The van der Waals surface area contributed by atoms with Crippen molar-refractivity contribution < 1.29 is 8.42 Å². The summed E-state index contributed by atoms with van der Waals surface area (Å²) < 4.78 is 24.9. The molecule has 0 saturated carbocycles. The molecule has 1 fully saturated rings. The van der Waals surface area contributed by atoms with E-state index in [1.165, 1.54) is 6.26 Å². The molecule has 1 saturated heterocycles. The Morgan fingerprint density at radius 2 is 2.29 bits per heavy atom. The lowest BCUT2D eigenvalue weighted by atomic mass is 9.90. The molecule has 2 atom stereocenters. The van der Waals surface area contributed by atoms with E-state index in [0.717, 1.165) is 30.4 Å². The fourth-order valence-corrected chi connectivity index (χ4v) is 3.87. The van der Waals surface area contributed by atoms with Crippen molar-refractivity contribution in [1.29, 1.82) is 0 Å². The molecule has 0 radical (unpaired) electrons. The second kappa shape index (κ2) is 6.83.